The van der Waals surface area contributed by atoms with Gasteiger partial charge in [-0.05, 0) is 30.5 Å². The fourth-order valence-electron chi connectivity index (χ4n) is 3.93. The molecule has 0 aromatic heterocycles. The van der Waals surface area contributed by atoms with E-state index in [2.05, 4.69) is 10.6 Å². The van der Waals surface area contributed by atoms with E-state index in [1.54, 1.807) is 18.2 Å². The zero-order chi connectivity index (χ0) is 18.8. The van der Waals surface area contributed by atoms with Gasteiger partial charge in [0.15, 0.2) is 0 Å². The van der Waals surface area contributed by atoms with Crippen LogP contribution in [0.25, 0.3) is 11.3 Å². The van der Waals surface area contributed by atoms with Gasteiger partial charge in [-0.2, -0.15) is 0 Å². The third kappa shape index (κ3) is 3.45. The Morgan fingerprint density at radius 2 is 1.74 bits per heavy atom. The van der Waals surface area contributed by atoms with E-state index in [0.717, 1.165) is 29.7 Å². The second-order valence-electron chi connectivity index (χ2n) is 7.17. The van der Waals surface area contributed by atoms with Gasteiger partial charge in [0.1, 0.15) is 0 Å². The minimum absolute atomic E-state index is 0.159. The van der Waals surface area contributed by atoms with Gasteiger partial charge in [0, 0.05) is 22.9 Å². The molecule has 0 spiro atoms. The van der Waals surface area contributed by atoms with E-state index >= 15 is 0 Å². The van der Waals surface area contributed by atoms with E-state index in [1.165, 1.54) is 19.3 Å². The molecule has 0 atom stereocenters. The molecule has 5 heteroatoms. The molecular weight excluding hydrogens is 338 g/mol. The van der Waals surface area contributed by atoms with Crippen molar-refractivity contribution >= 4 is 28.8 Å². The maximum Gasteiger partial charge on any atom is 0.258 e. The lowest BCUT2D eigenvalue weighted by atomic mass is 9.93. The van der Waals surface area contributed by atoms with E-state index < -0.39 is 5.91 Å². The molecule has 1 heterocycles. The van der Waals surface area contributed by atoms with Gasteiger partial charge in [-0.1, -0.05) is 55.7 Å². The van der Waals surface area contributed by atoms with Gasteiger partial charge in [0.05, 0.1) is 11.3 Å². The second-order valence-corrected chi connectivity index (χ2v) is 7.17. The number of carbonyl (C=O) groups is 2. The molecule has 4 N–H and O–H groups in total. The summed E-state index contributed by atoms with van der Waals surface area (Å²) in [5, 5.41) is 6.54. The number of carbonyl (C=O) groups excluding carboxylic acids is 2. The number of hydrogen-bond donors (Lipinski definition) is 3. The number of rotatable bonds is 4. The minimum Gasteiger partial charge on any atom is -0.381 e. The fraction of sp³-hybridized carbons (Fsp3) is 0.273. The zero-order valence-corrected chi connectivity index (χ0v) is 15.1. The lowest BCUT2D eigenvalue weighted by Crippen LogP contribution is -2.31. The number of benzene rings is 2. The molecule has 2 aromatic rings. The highest BCUT2D eigenvalue weighted by molar-refractivity contribution is 6.36. The predicted molar refractivity (Wildman–Crippen MR) is 107 cm³/mol. The largest absolute Gasteiger partial charge is 0.381 e. The first-order valence-corrected chi connectivity index (χ1v) is 9.45. The fourth-order valence-corrected chi connectivity index (χ4v) is 3.93. The number of nitrogens with two attached hydrogens (primary N) is 1. The first-order valence-electron chi connectivity index (χ1n) is 9.45. The van der Waals surface area contributed by atoms with Gasteiger partial charge in [-0.3, -0.25) is 9.59 Å². The highest BCUT2D eigenvalue weighted by Gasteiger charge is 2.30. The Labute approximate surface area is 158 Å². The van der Waals surface area contributed by atoms with Gasteiger partial charge < -0.3 is 16.4 Å². The maximum absolute atomic E-state index is 12.8. The molecule has 1 fully saturated rings. The average molecular weight is 361 g/mol. The van der Waals surface area contributed by atoms with Crippen LogP contribution < -0.4 is 16.4 Å². The van der Waals surface area contributed by atoms with Gasteiger partial charge >= 0.3 is 0 Å². The summed E-state index contributed by atoms with van der Waals surface area (Å²) in [7, 11) is 0. The summed E-state index contributed by atoms with van der Waals surface area (Å²) in [5.41, 5.74) is 9.65. The SMILES string of the molecule is NC(=O)c1ccc2c(c1)NC(=O)C2=C(NC1CCCCC1)c1ccccc1. The predicted octanol–water partition coefficient (Wildman–Crippen LogP) is 3.53. The number of amides is 2. The maximum atomic E-state index is 12.8. The lowest BCUT2D eigenvalue weighted by Gasteiger charge is -2.26. The number of nitrogens with one attached hydrogen (secondary N) is 2. The highest BCUT2D eigenvalue weighted by Crippen LogP contribution is 2.37. The Morgan fingerprint density at radius 3 is 2.44 bits per heavy atom. The molecule has 1 aliphatic carbocycles. The Bertz CT molecular complexity index is 912. The summed E-state index contributed by atoms with van der Waals surface area (Å²) in [6.45, 7) is 0. The normalized spacial score (nSPS) is 18.6. The quantitative estimate of drug-likeness (QED) is 0.729. The topological polar surface area (TPSA) is 84.2 Å². The van der Waals surface area contributed by atoms with E-state index in [1.807, 2.05) is 30.3 Å². The smallest absolute Gasteiger partial charge is 0.258 e. The molecule has 1 aliphatic heterocycles. The molecule has 2 amide bonds. The molecule has 5 nitrogen and oxygen atoms in total. The Kier molecular flexibility index (Phi) is 4.67. The van der Waals surface area contributed by atoms with Crippen LogP contribution in [0.15, 0.2) is 48.5 Å². The van der Waals surface area contributed by atoms with E-state index in [9.17, 15) is 9.59 Å². The molecule has 0 saturated heterocycles. The van der Waals surface area contributed by atoms with E-state index in [0.29, 0.717) is 22.9 Å². The molecule has 0 unspecified atom stereocenters. The van der Waals surface area contributed by atoms with Gasteiger partial charge in [0.2, 0.25) is 5.91 Å². The Balaban J connectivity index is 1.82. The monoisotopic (exact) mass is 361 g/mol. The van der Waals surface area contributed by atoms with E-state index in [-0.39, 0.29) is 5.91 Å². The van der Waals surface area contributed by atoms with Crippen LogP contribution >= 0.6 is 0 Å². The Hall–Kier alpha value is -3.08. The number of hydrogen-bond acceptors (Lipinski definition) is 3. The third-order valence-electron chi connectivity index (χ3n) is 5.31. The van der Waals surface area contributed by atoms with Crippen LogP contribution in [-0.2, 0) is 4.79 Å². The third-order valence-corrected chi connectivity index (χ3v) is 5.31. The first kappa shape index (κ1) is 17.3. The van der Waals surface area contributed by atoms with Crippen molar-refractivity contribution < 1.29 is 9.59 Å². The summed E-state index contributed by atoms with van der Waals surface area (Å²) in [4.78, 5) is 24.3. The van der Waals surface area contributed by atoms with Crippen molar-refractivity contribution in [2.75, 3.05) is 5.32 Å². The first-order chi connectivity index (χ1) is 13.1. The molecule has 0 radical (unpaired) electrons. The van der Waals surface area contributed by atoms with Crippen LogP contribution in [0.1, 0.15) is 53.6 Å². The van der Waals surface area contributed by atoms with Crippen molar-refractivity contribution in [3.8, 4) is 0 Å². The molecule has 1 saturated carbocycles. The zero-order valence-electron chi connectivity index (χ0n) is 15.1. The molecule has 0 bridgehead atoms. The summed E-state index contributed by atoms with van der Waals surface area (Å²) >= 11 is 0. The molecule has 138 valence electrons. The van der Waals surface area contributed by atoms with Crippen molar-refractivity contribution in [2.24, 2.45) is 5.73 Å². The number of anilines is 1. The highest BCUT2D eigenvalue weighted by atomic mass is 16.2. The average Bonchev–Trinajstić information content (AvgIpc) is 3.02. The van der Waals surface area contributed by atoms with Crippen molar-refractivity contribution in [2.45, 2.75) is 38.1 Å². The van der Waals surface area contributed by atoms with E-state index in [4.69, 9.17) is 5.73 Å². The van der Waals surface area contributed by atoms with Crippen molar-refractivity contribution in [1.82, 2.24) is 5.32 Å². The summed E-state index contributed by atoms with van der Waals surface area (Å²) in [6, 6.07) is 15.4. The van der Waals surface area contributed by atoms with Gasteiger partial charge in [-0.15, -0.1) is 0 Å². The van der Waals surface area contributed by atoms with Crippen LogP contribution in [0.4, 0.5) is 5.69 Å². The number of fused-ring (bicyclic) bond motifs is 1. The van der Waals surface area contributed by atoms with Crippen LogP contribution in [-0.4, -0.2) is 17.9 Å². The standard InChI is InChI=1S/C22H23N3O2/c23-21(26)15-11-12-17-18(13-15)25-22(27)19(17)20(14-7-3-1-4-8-14)24-16-9-5-2-6-10-16/h1,3-4,7-8,11-13,16,24H,2,5-6,9-10H2,(H2,23,26)(H,25,27). The Morgan fingerprint density at radius 1 is 1.00 bits per heavy atom. The van der Waals surface area contributed by atoms with Crippen molar-refractivity contribution in [3.05, 3.63) is 65.2 Å². The molecule has 4 rings (SSSR count). The summed E-state index contributed by atoms with van der Waals surface area (Å²) in [5.74, 6) is -0.665. The van der Waals surface area contributed by atoms with Crippen molar-refractivity contribution in [1.29, 1.82) is 0 Å². The van der Waals surface area contributed by atoms with Crippen LogP contribution in [0, 0.1) is 0 Å². The summed E-state index contributed by atoms with van der Waals surface area (Å²) in [6.07, 6.45) is 5.91. The van der Waals surface area contributed by atoms with Crippen LogP contribution in [0.3, 0.4) is 0 Å². The summed E-state index contributed by atoms with van der Waals surface area (Å²) < 4.78 is 0. The second kappa shape index (κ2) is 7.27. The molecule has 27 heavy (non-hydrogen) atoms. The van der Waals surface area contributed by atoms with Crippen LogP contribution in [0.2, 0.25) is 0 Å². The van der Waals surface area contributed by atoms with Crippen LogP contribution in [0.5, 0.6) is 0 Å². The molecule has 2 aromatic carbocycles. The molecule has 2 aliphatic rings. The molecular formula is C22H23N3O2. The van der Waals surface area contributed by atoms with Crippen molar-refractivity contribution in [3.63, 3.8) is 0 Å². The van der Waals surface area contributed by atoms with Gasteiger partial charge in [0.25, 0.3) is 5.91 Å². The van der Waals surface area contributed by atoms with Gasteiger partial charge in [-0.25, -0.2) is 0 Å². The number of primary amides is 1. The minimum atomic E-state index is -0.506. The lowest BCUT2D eigenvalue weighted by molar-refractivity contribution is -0.110.